The Bertz CT molecular complexity index is 880. The summed E-state index contributed by atoms with van der Waals surface area (Å²) in [5.74, 6) is 0.817. The van der Waals surface area contributed by atoms with Gasteiger partial charge in [-0.15, -0.1) is 0 Å². The third kappa shape index (κ3) is 5.78. The first-order valence-electron chi connectivity index (χ1n) is 12.2. The summed E-state index contributed by atoms with van der Waals surface area (Å²) in [6, 6.07) is 15.4. The van der Waals surface area contributed by atoms with Gasteiger partial charge in [-0.1, -0.05) is 43.8 Å². The van der Waals surface area contributed by atoms with Gasteiger partial charge in [0, 0.05) is 18.8 Å². The minimum absolute atomic E-state index is 0.817. The number of anilines is 1. The van der Waals surface area contributed by atoms with Crippen molar-refractivity contribution in [1.29, 1.82) is 0 Å². The van der Waals surface area contributed by atoms with Gasteiger partial charge in [-0.2, -0.15) is 0 Å². The van der Waals surface area contributed by atoms with Crippen LogP contribution in [0.15, 0.2) is 49.0 Å². The Morgan fingerprint density at radius 2 is 1.84 bits per heavy atom. The number of rotatable bonds is 7. The van der Waals surface area contributed by atoms with E-state index in [1.807, 2.05) is 12.1 Å². The van der Waals surface area contributed by atoms with Crippen molar-refractivity contribution in [1.82, 2.24) is 9.80 Å². The molecule has 0 aliphatic carbocycles. The van der Waals surface area contributed by atoms with Crippen molar-refractivity contribution in [3.8, 4) is 0 Å². The summed E-state index contributed by atoms with van der Waals surface area (Å²) in [5, 5.41) is 0. The number of para-hydroxylation sites is 1. The molecule has 0 radical (unpaired) electrons. The number of piperidine rings is 1. The molecule has 0 atom stereocenters. The van der Waals surface area contributed by atoms with Crippen molar-refractivity contribution in [3.63, 3.8) is 0 Å². The normalized spacial score (nSPS) is 18.5. The van der Waals surface area contributed by atoms with Gasteiger partial charge in [0.15, 0.2) is 0 Å². The summed E-state index contributed by atoms with van der Waals surface area (Å²) in [5.41, 5.74) is 14.0. The number of hydrogen-bond donors (Lipinski definition) is 1. The second-order valence-electron chi connectivity index (χ2n) is 9.52. The Balaban J connectivity index is 1.26. The topological polar surface area (TPSA) is 32.5 Å². The van der Waals surface area contributed by atoms with E-state index in [0.717, 1.165) is 37.7 Å². The summed E-state index contributed by atoms with van der Waals surface area (Å²) in [6.45, 7) is 13.5. The van der Waals surface area contributed by atoms with Crippen molar-refractivity contribution in [2.45, 2.75) is 58.5 Å². The number of fused-ring (bicyclic) bond motifs is 1. The highest BCUT2D eigenvalue weighted by atomic mass is 15.1. The van der Waals surface area contributed by atoms with Gasteiger partial charge in [0.1, 0.15) is 0 Å². The van der Waals surface area contributed by atoms with Crippen LogP contribution in [0.4, 0.5) is 5.69 Å². The van der Waals surface area contributed by atoms with Crippen LogP contribution in [0.1, 0.15) is 61.3 Å². The first-order chi connectivity index (χ1) is 15.1. The highest BCUT2D eigenvalue weighted by molar-refractivity contribution is 5.64. The van der Waals surface area contributed by atoms with Gasteiger partial charge in [0.2, 0.25) is 0 Å². The third-order valence-electron chi connectivity index (χ3n) is 7.39. The maximum absolute atomic E-state index is 6.13. The van der Waals surface area contributed by atoms with Crippen LogP contribution >= 0.6 is 0 Å². The van der Waals surface area contributed by atoms with E-state index >= 15 is 0 Å². The maximum atomic E-state index is 6.13. The molecule has 0 amide bonds. The predicted molar refractivity (Wildman–Crippen MR) is 133 cm³/mol. The number of nitrogens with two attached hydrogens (primary N) is 1. The molecule has 0 aromatic heterocycles. The fourth-order valence-corrected chi connectivity index (χ4v) is 5.19. The van der Waals surface area contributed by atoms with Gasteiger partial charge >= 0.3 is 0 Å². The summed E-state index contributed by atoms with van der Waals surface area (Å²) >= 11 is 0. The van der Waals surface area contributed by atoms with Gasteiger partial charge in [-0.05, 0) is 111 Å². The van der Waals surface area contributed by atoms with E-state index in [2.05, 4.69) is 53.6 Å². The van der Waals surface area contributed by atoms with Gasteiger partial charge in [0.05, 0.1) is 0 Å². The Morgan fingerprint density at radius 1 is 1.03 bits per heavy atom. The van der Waals surface area contributed by atoms with E-state index in [1.165, 1.54) is 74.0 Å². The third-order valence-corrected chi connectivity index (χ3v) is 7.39. The first-order valence-corrected chi connectivity index (χ1v) is 12.2. The highest BCUT2D eigenvalue weighted by Crippen LogP contribution is 2.29. The fourth-order valence-electron chi connectivity index (χ4n) is 5.19. The Labute approximate surface area is 188 Å². The average Bonchev–Trinajstić information content (AvgIpc) is 3.01. The lowest BCUT2D eigenvalue weighted by molar-refractivity contribution is 0.173. The van der Waals surface area contributed by atoms with E-state index in [0.29, 0.717) is 0 Å². The molecule has 1 fully saturated rings. The molecule has 2 aliphatic heterocycles. The van der Waals surface area contributed by atoms with Crippen molar-refractivity contribution in [3.05, 3.63) is 71.3 Å². The smallest absolute Gasteiger partial charge is 0.0359 e. The molecule has 3 heteroatoms. The summed E-state index contributed by atoms with van der Waals surface area (Å²) in [7, 11) is 0. The summed E-state index contributed by atoms with van der Waals surface area (Å²) < 4.78 is 0. The zero-order valence-electron chi connectivity index (χ0n) is 19.3. The standard InChI is InChI=1S/C28H39N3/c1-3-30-16-6-8-24-12-13-25(19-27(24)21-30)22(2)10-11-23-14-17-31(18-15-23)20-26-7-4-5-9-28(26)29/h4-5,7,9,12-13,19,23H,2-3,6,8,10-11,14-18,20-21,29H2,1H3. The number of benzene rings is 2. The fraction of sp³-hybridized carbons (Fsp3) is 0.500. The van der Waals surface area contributed by atoms with Crippen LogP contribution in [-0.2, 0) is 19.5 Å². The highest BCUT2D eigenvalue weighted by Gasteiger charge is 2.20. The van der Waals surface area contributed by atoms with Crippen LogP contribution in [0.3, 0.4) is 0 Å². The van der Waals surface area contributed by atoms with E-state index in [4.69, 9.17) is 5.73 Å². The van der Waals surface area contributed by atoms with E-state index in [9.17, 15) is 0 Å². The number of nitrogens with zero attached hydrogens (tertiary/aromatic N) is 2. The summed E-state index contributed by atoms with van der Waals surface area (Å²) in [6.07, 6.45) is 7.44. The van der Waals surface area contributed by atoms with Crippen LogP contribution in [0, 0.1) is 5.92 Å². The van der Waals surface area contributed by atoms with Crippen LogP contribution in [-0.4, -0.2) is 36.0 Å². The molecule has 0 bridgehead atoms. The van der Waals surface area contributed by atoms with Crippen LogP contribution in [0.5, 0.6) is 0 Å². The Morgan fingerprint density at radius 3 is 2.61 bits per heavy atom. The van der Waals surface area contributed by atoms with Crippen molar-refractivity contribution < 1.29 is 0 Å². The number of allylic oxidation sites excluding steroid dienone is 1. The molecule has 2 aromatic rings. The van der Waals surface area contributed by atoms with E-state index in [-0.39, 0.29) is 0 Å². The van der Waals surface area contributed by atoms with Gasteiger partial charge in [-0.3, -0.25) is 9.80 Å². The van der Waals surface area contributed by atoms with Crippen molar-refractivity contribution in [2.75, 3.05) is 31.9 Å². The molecule has 3 nitrogen and oxygen atoms in total. The number of nitrogen functional groups attached to an aromatic ring is 1. The minimum Gasteiger partial charge on any atom is -0.398 e. The molecule has 0 spiro atoms. The molecule has 2 heterocycles. The Hall–Kier alpha value is -2.10. The van der Waals surface area contributed by atoms with Gasteiger partial charge in [0.25, 0.3) is 0 Å². The molecule has 2 N–H and O–H groups in total. The SMILES string of the molecule is C=C(CCC1CCN(Cc2ccccc2N)CC1)c1ccc2c(c1)CN(CC)CCC2. The van der Waals surface area contributed by atoms with E-state index < -0.39 is 0 Å². The van der Waals surface area contributed by atoms with Crippen LogP contribution < -0.4 is 5.73 Å². The lowest BCUT2D eigenvalue weighted by atomic mass is 9.88. The summed E-state index contributed by atoms with van der Waals surface area (Å²) in [4.78, 5) is 5.12. The largest absolute Gasteiger partial charge is 0.398 e. The van der Waals surface area contributed by atoms with Gasteiger partial charge in [-0.25, -0.2) is 0 Å². The molecular formula is C28H39N3. The predicted octanol–water partition coefficient (Wildman–Crippen LogP) is 5.74. The molecule has 0 unspecified atom stereocenters. The second kappa shape index (κ2) is 10.5. The van der Waals surface area contributed by atoms with Crippen molar-refractivity contribution in [2.24, 2.45) is 5.92 Å². The molecule has 166 valence electrons. The quantitative estimate of drug-likeness (QED) is 0.583. The number of hydrogen-bond acceptors (Lipinski definition) is 3. The van der Waals surface area contributed by atoms with Crippen molar-refractivity contribution >= 4 is 11.3 Å². The van der Waals surface area contributed by atoms with Gasteiger partial charge < -0.3 is 5.73 Å². The lowest BCUT2D eigenvalue weighted by Gasteiger charge is -2.32. The molecule has 1 saturated heterocycles. The second-order valence-corrected chi connectivity index (χ2v) is 9.52. The number of likely N-dealkylation sites (tertiary alicyclic amines) is 1. The zero-order chi connectivity index (χ0) is 21.6. The Kier molecular flexibility index (Phi) is 7.47. The molecule has 0 saturated carbocycles. The average molecular weight is 418 g/mol. The minimum atomic E-state index is 0.817. The number of aryl methyl sites for hydroxylation is 1. The first kappa shape index (κ1) is 22.1. The molecule has 4 rings (SSSR count). The van der Waals surface area contributed by atoms with E-state index in [1.54, 1.807) is 5.56 Å². The maximum Gasteiger partial charge on any atom is 0.0359 e. The lowest BCUT2D eigenvalue weighted by Crippen LogP contribution is -2.33. The molecule has 2 aromatic carbocycles. The molecule has 2 aliphatic rings. The molecular weight excluding hydrogens is 378 g/mol. The van der Waals surface area contributed by atoms with Crippen LogP contribution in [0.2, 0.25) is 0 Å². The molecule has 31 heavy (non-hydrogen) atoms. The van der Waals surface area contributed by atoms with Crippen LogP contribution in [0.25, 0.3) is 5.57 Å². The zero-order valence-corrected chi connectivity index (χ0v) is 19.3. The monoisotopic (exact) mass is 417 g/mol.